The fourth-order valence-corrected chi connectivity index (χ4v) is 4.38. The van der Waals surface area contributed by atoms with Gasteiger partial charge in [-0.1, -0.05) is 0 Å². The third kappa shape index (κ3) is 6.14. The molecule has 6 nitrogen and oxygen atoms in total. The number of halogens is 3. The zero-order chi connectivity index (χ0) is 27.1. The number of carbonyl (C=O) groups excluding carboxylic acids is 2. The average molecular weight is 516 g/mol. The van der Waals surface area contributed by atoms with E-state index in [1.807, 2.05) is 26.0 Å². The Balaban J connectivity index is 1.83. The third-order valence-electron chi connectivity index (χ3n) is 6.28. The van der Waals surface area contributed by atoms with E-state index in [4.69, 9.17) is 4.74 Å². The highest BCUT2D eigenvalue weighted by Gasteiger charge is 2.35. The van der Waals surface area contributed by atoms with Crippen LogP contribution in [0.1, 0.15) is 62.9 Å². The van der Waals surface area contributed by atoms with Crippen molar-refractivity contribution in [2.75, 3.05) is 6.54 Å². The Morgan fingerprint density at radius 1 is 1.11 bits per heavy atom. The van der Waals surface area contributed by atoms with E-state index in [1.54, 1.807) is 36.4 Å². The number of benzene rings is 1. The van der Waals surface area contributed by atoms with Crippen molar-refractivity contribution >= 4 is 22.9 Å². The number of amides is 1. The van der Waals surface area contributed by atoms with Crippen molar-refractivity contribution in [1.82, 2.24) is 14.5 Å². The normalized spacial score (nSPS) is 14.2. The minimum absolute atomic E-state index is 0.0112. The molecule has 0 bridgehead atoms. The molecule has 0 saturated heterocycles. The SMILES string of the molecule is CCN(Cc1cc(C(F)(F)F)ccc1-n1cc(CC(=O)OC(C)(C)C)c2ccc(C)nc21)C(=O)C1CC1. The summed E-state index contributed by atoms with van der Waals surface area (Å²) in [5.74, 6) is -0.499. The Bertz CT molecular complexity index is 1330. The molecule has 0 aliphatic heterocycles. The number of aromatic nitrogens is 2. The molecule has 2 aromatic heterocycles. The summed E-state index contributed by atoms with van der Waals surface area (Å²) in [6, 6.07) is 7.23. The summed E-state index contributed by atoms with van der Waals surface area (Å²) in [6.45, 7) is 9.44. The molecule has 3 aromatic rings. The Hall–Kier alpha value is -3.36. The predicted octanol–water partition coefficient (Wildman–Crippen LogP) is 6.00. The number of carbonyl (C=O) groups is 2. The standard InChI is InChI=1S/C28H32F3N3O3/c1-6-33(26(36)18-8-9-18)15-20-13-21(28(29,30)31)10-12-23(20)34-16-19(14-24(35)37-27(3,4)5)22-11-7-17(2)32-25(22)34/h7,10-13,16,18H,6,8-9,14-15H2,1-5H3. The Morgan fingerprint density at radius 3 is 2.41 bits per heavy atom. The molecule has 9 heteroatoms. The number of rotatable bonds is 7. The molecule has 0 N–H and O–H groups in total. The first kappa shape index (κ1) is 26.7. The number of esters is 1. The minimum Gasteiger partial charge on any atom is -0.460 e. The summed E-state index contributed by atoms with van der Waals surface area (Å²) >= 11 is 0. The largest absolute Gasteiger partial charge is 0.460 e. The van der Waals surface area contributed by atoms with Crippen LogP contribution in [-0.2, 0) is 33.5 Å². The van der Waals surface area contributed by atoms with Gasteiger partial charge in [-0.2, -0.15) is 13.2 Å². The van der Waals surface area contributed by atoms with Crippen LogP contribution in [0.2, 0.25) is 0 Å². The maximum Gasteiger partial charge on any atom is 0.416 e. The molecule has 1 amide bonds. The highest BCUT2D eigenvalue weighted by Crippen LogP contribution is 2.35. The number of hydrogen-bond donors (Lipinski definition) is 0. The molecule has 1 aromatic carbocycles. The van der Waals surface area contributed by atoms with Gasteiger partial charge >= 0.3 is 12.1 Å². The molecule has 1 fully saturated rings. The van der Waals surface area contributed by atoms with E-state index in [-0.39, 0.29) is 24.8 Å². The van der Waals surface area contributed by atoms with Crippen LogP contribution < -0.4 is 0 Å². The minimum atomic E-state index is -4.53. The van der Waals surface area contributed by atoms with E-state index in [1.165, 1.54) is 6.07 Å². The van der Waals surface area contributed by atoms with Crippen molar-refractivity contribution in [2.45, 2.75) is 72.2 Å². The van der Waals surface area contributed by atoms with Crippen molar-refractivity contribution in [3.8, 4) is 5.69 Å². The van der Waals surface area contributed by atoms with Gasteiger partial charge in [0.2, 0.25) is 5.91 Å². The van der Waals surface area contributed by atoms with E-state index in [0.717, 1.165) is 30.7 Å². The molecule has 1 aliphatic carbocycles. The number of fused-ring (bicyclic) bond motifs is 1. The van der Waals surface area contributed by atoms with Gasteiger partial charge in [0.15, 0.2) is 0 Å². The van der Waals surface area contributed by atoms with Crippen LogP contribution in [0.3, 0.4) is 0 Å². The number of hydrogen-bond acceptors (Lipinski definition) is 4. The van der Waals surface area contributed by atoms with Gasteiger partial charge in [0, 0.05) is 36.3 Å². The molecule has 0 radical (unpaired) electrons. The molecular weight excluding hydrogens is 483 g/mol. The van der Waals surface area contributed by atoms with Crippen LogP contribution in [0.15, 0.2) is 36.5 Å². The van der Waals surface area contributed by atoms with Crippen molar-refractivity contribution in [2.24, 2.45) is 5.92 Å². The fourth-order valence-electron chi connectivity index (χ4n) is 4.38. The van der Waals surface area contributed by atoms with Crippen LogP contribution in [0.4, 0.5) is 13.2 Å². The summed E-state index contributed by atoms with van der Waals surface area (Å²) < 4.78 is 48.2. The van der Waals surface area contributed by atoms with E-state index in [0.29, 0.717) is 34.4 Å². The maximum atomic E-state index is 13.7. The monoisotopic (exact) mass is 515 g/mol. The van der Waals surface area contributed by atoms with Crippen molar-refractivity contribution in [3.63, 3.8) is 0 Å². The first-order chi connectivity index (χ1) is 17.3. The number of alkyl halides is 3. The zero-order valence-electron chi connectivity index (χ0n) is 21.8. The Kier molecular flexibility index (Phi) is 7.10. The topological polar surface area (TPSA) is 64.4 Å². The predicted molar refractivity (Wildman–Crippen MR) is 134 cm³/mol. The quantitative estimate of drug-likeness (QED) is 0.362. The van der Waals surface area contributed by atoms with Gasteiger partial charge in [0.05, 0.1) is 17.7 Å². The van der Waals surface area contributed by atoms with Gasteiger partial charge in [-0.15, -0.1) is 0 Å². The molecule has 0 atom stereocenters. The lowest BCUT2D eigenvalue weighted by atomic mass is 10.1. The molecule has 37 heavy (non-hydrogen) atoms. The number of nitrogens with zero attached hydrogens (tertiary/aromatic N) is 3. The van der Waals surface area contributed by atoms with Crippen LogP contribution in [-0.4, -0.2) is 38.5 Å². The lowest BCUT2D eigenvalue weighted by molar-refractivity contribution is -0.154. The highest BCUT2D eigenvalue weighted by atomic mass is 19.4. The van der Waals surface area contributed by atoms with Gasteiger partial charge in [0.25, 0.3) is 0 Å². The molecule has 0 unspecified atom stereocenters. The molecule has 1 aliphatic rings. The van der Waals surface area contributed by atoms with E-state index in [9.17, 15) is 22.8 Å². The molecule has 4 rings (SSSR count). The summed E-state index contributed by atoms with van der Waals surface area (Å²) in [6.07, 6.45) is -1.19. The molecular formula is C28H32F3N3O3. The van der Waals surface area contributed by atoms with Gasteiger partial charge < -0.3 is 14.2 Å². The smallest absolute Gasteiger partial charge is 0.416 e. The molecule has 0 spiro atoms. The zero-order valence-corrected chi connectivity index (χ0v) is 21.8. The molecule has 2 heterocycles. The van der Waals surface area contributed by atoms with Gasteiger partial charge in [-0.05, 0) is 88.9 Å². The second-order valence-corrected chi connectivity index (χ2v) is 10.6. The van der Waals surface area contributed by atoms with Crippen molar-refractivity contribution < 1.29 is 27.5 Å². The van der Waals surface area contributed by atoms with E-state index >= 15 is 0 Å². The van der Waals surface area contributed by atoms with Crippen LogP contribution >= 0.6 is 0 Å². The third-order valence-corrected chi connectivity index (χ3v) is 6.28. The molecule has 1 saturated carbocycles. The van der Waals surface area contributed by atoms with E-state index in [2.05, 4.69) is 4.98 Å². The van der Waals surface area contributed by atoms with Crippen molar-refractivity contribution in [3.05, 3.63) is 58.9 Å². The van der Waals surface area contributed by atoms with Gasteiger partial charge in [-0.3, -0.25) is 9.59 Å². The van der Waals surface area contributed by atoms with Gasteiger partial charge in [0.1, 0.15) is 11.2 Å². The average Bonchev–Trinajstić information content (AvgIpc) is 3.58. The van der Waals surface area contributed by atoms with Crippen LogP contribution in [0, 0.1) is 12.8 Å². The maximum absolute atomic E-state index is 13.7. The molecule has 198 valence electrons. The lowest BCUT2D eigenvalue weighted by Crippen LogP contribution is -2.32. The first-order valence-electron chi connectivity index (χ1n) is 12.5. The second kappa shape index (κ2) is 9.84. The fraction of sp³-hybridized carbons (Fsp3) is 0.464. The van der Waals surface area contributed by atoms with E-state index < -0.39 is 23.3 Å². The summed E-state index contributed by atoms with van der Waals surface area (Å²) in [7, 11) is 0. The Labute approximate surface area is 214 Å². The second-order valence-electron chi connectivity index (χ2n) is 10.6. The van der Waals surface area contributed by atoms with Crippen LogP contribution in [0.5, 0.6) is 0 Å². The first-order valence-corrected chi connectivity index (χ1v) is 12.5. The van der Waals surface area contributed by atoms with Crippen LogP contribution in [0.25, 0.3) is 16.7 Å². The number of aryl methyl sites for hydroxylation is 1. The summed E-state index contributed by atoms with van der Waals surface area (Å²) in [5, 5.41) is 0.712. The summed E-state index contributed by atoms with van der Waals surface area (Å²) in [4.78, 5) is 31.7. The summed E-state index contributed by atoms with van der Waals surface area (Å²) in [5.41, 5.74) is 1.31. The number of ether oxygens (including phenoxy) is 1. The van der Waals surface area contributed by atoms with Gasteiger partial charge in [-0.25, -0.2) is 4.98 Å². The van der Waals surface area contributed by atoms with Crippen molar-refractivity contribution in [1.29, 1.82) is 0 Å². The number of pyridine rings is 1. The lowest BCUT2D eigenvalue weighted by Gasteiger charge is -2.24. The Morgan fingerprint density at radius 2 is 1.81 bits per heavy atom. The highest BCUT2D eigenvalue weighted by molar-refractivity contribution is 5.87.